The van der Waals surface area contributed by atoms with Gasteiger partial charge in [0, 0.05) is 35.9 Å². The number of imidazole rings is 1. The molecule has 1 N–H and O–H groups in total. The molecule has 0 unspecified atom stereocenters. The molecule has 0 spiro atoms. The van der Waals surface area contributed by atoms with Gasteiger partial charge in [-0.15, -0.1) is 5.10 Å². The third-order valence-corrected chi connectivity index (χ3v) is 5.97. The Labute approximate surface area is 187 Å². The number of benzene rings is 1. The van der Waals surface area contributed by atoms with Crippen molar-refractivity contribution in [1.29, 1.82) is 0 Å². The predicted molar refractivity (Wildman–Crippen MR) is 124 cm³/mol. The normalized spacial score (nSPS) is 11.2. The van der Waals surface area contributed by atoms with Crippen molar-refractivity contribution in [1.82, 2.24) is 34.7 Å². The highest BCUT2D eigenvalue weighted by molar-refractivity contribution is 5.79. The van der Waals surface area contributed by atoms with Crippen molar-refractivity contribution >= 4 is 0 Å². The zero-order valence-electron chi connectivity index (χ0n) is 18.9. The average molecular weight is 432 g/mol. The molecule has 0 atom stereocenters. The number of nitrogens with zero attached hydrogens (tertiary/aromatic N) is 6. The fourth-order valence-corrected chi connectivity index (χ4v) is 4.23. The van der Waals surface area contributed by atoms with E-state index in [0.29, 0.717) is 18.9 Å². The number of unbranched alkanes of at least 4 members (excludes halogenated alkanes) is 2. The highest BCUT2D eigenvalue weighted by Gasteiger charge is 2.16. The molecular formula is C24H29N7O. The fourth-order valence-electron chi connectivity index (χ4n) is 4.23. The molecule has 8 heteroatoms. The van der Waals surface area contributed by atoms with Crippen LogP contribution in [0, 0.1) is 6.92 Å². The largest absolute Gasteiger partial charge is 0.328 e. The second-order valence-electron chi connectivity index (χ2n) is 7.97. The SMILES string of the molecule is CCCCCc1c(C)n(CC)c(=O)n1Cc1ccc(-c2ccncc2-c2nnn[nH]2)cc1. The van der Waals surface area contributed by atoms with Gasteiger partial charge >= 0.3 is 5.69 Å². The van der Waals surface area contributed by atoms with Gasteiger partial charge in [0.1, 0.15) is 0 Å². The van der Waals surface area contributed by atoms with Gasteiger partial charge in [0.05, 0.1) is 6.54 Å². The Bertz CT molecular complexity index is 1220. The van der Waals surface area contributed by atoms with Gasteiger partial charge in [-0.2, -0.15) is 0 Å². The van der Waals surface area contributed by atoms with Crippen LogP contribution in [0.4, 0.5) is 0 Å². The van der Waals surface area contributed by atoms with E-state index in [-0.39, 0.29) is 5.69 Å². The number of tetrazole rings is 1. The highest BCUT2D eigenvalue weighted by atomic mass is 16.1. The van der Waals surface area contributed by atoms with Crippen molar-refractivity contribution in [3.63, 3.8) is 0 Å². The zero-order valence-corrected chi connectivity index (χ0v) is 18.9. The Morgan fingerprint density at radius 2 is 1.81 bits per heavy atom. The summed E-state index contributed by atoms with van der Waals surface area (Å²) in [6, 6.07) is 10.3. The van der Waals surface area contributed by atoms with E-state index in [1.165, 1.54) is 12.8 Å². The molecular weight excluding hydrogens is 402 g/mol. The van der Waals surface area contributed by atoms with Crippen LogP contribution in [0.25, 0.3) is 22.5 Å². The van der Waals surface area contributed by atoms with Crippen LogP contribution in [0.2, 0.25) is 0 Å². The lowest BCUT2D eigenvalue weighted by Gasteiger charge is -2.10. The number of pyridine rings is 1. The molecule has 0 aliphatic heterocycles. The van der Waals surface area contributed by atoms with Crippen LogP contribution in [0.3, 0.4) is 0 Å². The first-order chi connectivity index (χ1) is 15.6. The molecule has 3 heterocycles. The number of aromatic nitrogens is 7. The van der Waals surface area contributed by atoms with Crippen LogP contribution >= 0.6 is 0 Å². The number of aromatic amines is 1. The third-order valence-electron chi connectivity index (χ3n) is 5.97. The van der Waals surface area contributed by atoms with Crippen molar-refractivity contribution in [3.05, 3.63) is 70.2 Å². The third kappa shape index (κ3) is 4.26. The first-order valence-corrected chi connectivity index (χ1v) is 11.2. The molecule has 4 rings (SSSR count). The van der Waals surface area contributed by atoms with E-state index in [2.05, 4.69) is 63.7 Å². The molecule has 0 aliphatic carbocycles. The number of H-pyrrole nitrogens is 1. The monoisotopic (exact) mass is 431 g/mol. The van der Waals surface area contributed by atoms with Crippen molar-refractivity contribution < 1.29 is 0 Å². The second-order valence-corrected chi connectivity index (χ2v) is 7.97. The van der Waals surface area contributed by atoms with Gasteiger partial charge < -0.3 is 0 Å². The Kier molecular flexibility index (Phi) is 6.58. The molecule has 166 valence electrons. The molecule has 0 amide bonds. The van der Waals surface area contributed by atoms with Gasteiger partial charge in [0.2, 0.25) is 0 Å². The predicted octanol–water partition coefficient (Wildman–Crippen LogP) is 4.00. The summed E-state index contributed by atoms with van der Waals surface area (Å²) in [4.78, 5) is 17.3. The van der Waals surface area contributed by atoms with E-state index in [1.807, 2.05) is 22.1 Å². The average Bonchev–Trinajstić information content (AvgIpc) is 3.43. The summed E-state index contributed by atoms with van der Waals surface area (Å²) >= 11 is 0. The molecule has 0 saturated heterocycles. The molecule has 0 aliphatic rings. The van der Waals surface area contributed by atoms with Crippen molar-refractivity contribution in [2.24, 2.45) is 0 Å². The topological polar surface area (TPSA) is 94.3 Å². The highest BCUT2D eigenvalue weighted by Crippen LogP contribution is 2.29. The van der Waals surface area contributed by atoms with Gasteiger partial charge in [0.15, 0.2) is 5.82 Å². The van der Waals surface area contributed by atoms with Gasteiger partial charge in [0.25, 0.3) is 0 Å². The van der Waals surface area contributed by atoms with E-state index in [4.69, 9.17) is 0 Å². The van der Waals surface area contributed by atoms with Crippen LogP contribution in [0.5, 0.6) is 0 Å². The van der Waals surface area contributed by atoms with Crippen LogP contribution in [0.1, 0.15) is 50.1 Å². The van der Waals surface area contributed by atoms with Crippen molar-refractivity contribution in [2.45, 2.75) is 59.5 Å². The smallest absolute Gasteiger partial charge is 0.297 e. The molecule has 0 bridgehead atoms. The summed E-state index contributed by atoms with van der Waals surface area (Å²) in [5.74, 6) is 0.580. The Morgan fingerprint density at radius 3 is 2.50 bits per heavy atom. The summed E-state index contributed by atoms with van der Waals surface area (Å²) in [6.45, 7) is 7.56. The van der Waals surface area contributed by atoms with Gasteiger partial charge in [-0.1, -0.05) is 44.0 Å². The minimum Gasteiger partial charge on any atom is -0.297 e. The fraction of sp³-hybridized carbons (Fsp3) is 0.375. The van der Waals surface area contributed by atoms with Crippen LogP contribution in [-0.4, -0.2) is 34.7 Å². The summed E-state index contributed by atoms with van der Waals surface area (Å²) in [7, 11) is 0. The number of hydrogen-bond acceptors (Lipinski definition) is 5. The molecule has 1 aromatic carbocycles. The number of rotatable bonds is 9. The van der Waals surface area contributed by atoms with Crippen LogP contribution in [0.15, 0.2) is 47.5 Å². The minimum atomic E-state index is 0.0785. The summed E-state index contributed by atoms with van der Waals surface area (Å²) in [5, 5.41) is 14.2. The molecule has 0 fully saturated rings. The standard InChI is InChI=1S/C24H29N7O/c1-4-6-7-8-22-17(3)30(5-2)24(32)31(22)16-18-9-11-19(12-10-18)20-13-14-25-15-21(20)23-26-28-29-27-23/h9-15H,4-8,16H2,1-3H3,(H,26,27,28,29). The number of hydrogen-bond donors (Lipinski definition) is 1. The maximum Gasteiger partial charge on any atom is 0.328 e. The van der Waals surface area contributed by atoms with Gasteiger partial charge in [-0.3, -0.25) is 14.1 Å². The van der Waals surface area contributed by atoms with E-state index in [9.17, 15) is 4.79 Å². The Hall–Kier alpha value is -3.55. The second kappa shape index (κ2) is 9.72. The van der Waals surface area contributed by atoms with E-state index in [1.54, 1.807) is 12.4 Å². The van der Waals surface area contributed by atoms with Gasteiger partial charge in [-0.05, 0) is 59.9 Å². The van der Waals surface area contributed by atoms with Crippen LogP contribution in [-0.2, 0) is 19.5 Å². The first kappa shape index (κ1) is 21.7. The lowest BCUT2D eigenvalue weighted by atomic mass is 10.00. The minimum absolute atomic E-state index is 0.0785. The van der Waals surface area contributed by atoms with E-state index in [0.717, 1.165) is 46.5 Å². The summed E-state index contributed by atoms with van der Waals surface area (Å²) in [6.07, 6.45) is 7.89. The van der Waals surface area contributed by atoms with E-state index < -0.39 is 0 Å². The van der Waals surface area contributed by atoms with Crippen molar-refractivity contribution in [3.8, 4) is 22.5 Å². The molecule has 8 nitrogen and oxygen atoms in total. The summed E-state index contributed by atoms with van der Waals surface area (Å²) in [5.41, 5.74) is 6.30. The Morgan fingerprint density at radius 1 is 1.00 bits per heavy atom. The molecule has 0 radical (unpaired) electrons. The van der Waals surface area contributed by atoms with Crippen molar-refractivity contribution in [2.75, 3.05) is 0 Å². The molecule has 32 heavy (non-hydrogen) atoms. The van der Waals surface area contributed by atoms with E-state index >= 15 is 0 Å². The number of nitrogens with one attached hydrogen (secondary N) is 1. The lowest BCUT2D eigenvalue weighted by molar-refractivity contribution is 0.638. The Balaban J connectivity index is 1.63. The van der Waals surface area contributed by atoms with Gasteiger partial charge in [-0.25, -0.2) is 9.89 Å². The van der Waals surface area contributed by atoms with Crippen LogP contribution < -0.4 is 5.69 Å². The molecule has 3 aromatic heterocycles. The molecule has 0 saturated carbocycles. The lowest BCUT2D eigenvalue weighted by Crippen LogP contribution is -2.25. The summed E-state index contributed by atoms with van der Waals surface area (Å²) < 4.78 is 3.83. The quantitative estimate of drug-likeness (QED) is 0.404. The first-order valence-electron chi connectivity index (χ1n) is 11.2. The zero-order chi connectivity index (χ0) is 22.5. The maximum atomic E-state index is 13.0. The maximum absolute atomic E-state index is 13.0. The molecule has 4 aromatic rings.